The van der Waals surface area contributed by atoms with E-state index in [0.717, 1.165) is 28.3 Å². The molecule has 0 radical (unpaired) electrons. The quantitative estimate of drug-likeness (QED) is 0.156. The van der Waals surface area contributed by atoms with E-state index < -0.39 is 5.41 Å². The van der Waals surface area contributed by atoms with Gasteiger partial charge in [-0.15, -0.1) is 0 Å². The van der Waals surface area contributed by atoms with Crippen LogP contribution < -0.4 is 4.90 Å². The molecule has 2 nitrogen and oxygen atoms in total. The Balaban J connectivity index is 1.05. The Morgan fingerprint density at radius 1 is 0.274 bits per heavy atom. The van der Waals surface area contributed by atoms with Gasteiger partial charge < -0.3 is 9.47 Å². The van der Waals surface area contributed by atoms with Gasteiger partial charge in [-0.1, -0.05) is 200 Å². The maximum atomic E-state index is 2.58. The molecule has 2 heteroatoms. The molecule has 0 saturated carbocycles. The van der Waals surface area contributed by atoms with Crippen molar-refractivity contribution in [2.45, 2.75) is 5.41 Å². The van der Waals surface area contributed by atoms with Gasteiger partial charge in [0.25, 0.3) is 0 Å². The van der Waals surface area contributed by atoms with Crippen LogP contribution in [-0.4, -0.2) is 4.57 Å². The minimum absolute atomic E-state index is 0.535. The Kier molecular flexibility index (Phi) is 8.41. The van der Waals surface area contributed by atoms with E-state index in [4.69, 9.17) is 0 Å². The van der Waals surface area contributed by atoms with E-state index >= 15 is 0 Å². The molecule has 1 heterocycles. The number of benzene rings is 13. The van der Waals surface area contributed by atoms with Crippen molar-refractivity contribution in [1.82, 2.24) is 4.57 Å². The van der Waals surface area contributed by atoms with Crippen LogP contribution in [-0.2, 0) is 5.41 Å². The third-order valence-corrected chi connectivity index (χ3v) is 16.3. The summed E-state index contributed by atoms with van der Waals surface area (Å²) in [6.45, 7) is 0. The first-order valence-electron chi connectivity index (χ1n) is 25.4. The van der Waals surface area contributed by atoms with Crippen LogP contribution in [0.2, 0.25) is 0 Å². The Bertz CT molecular complexity index is 4550. The van der Waals surface area contributed by atoms with Gasteiger partial charge in [0.1, 0.15) is 0 Å². The molecule has 2 aliphatic carbocycles. The van der Waals surface area contributed by atoms with Gasteiger partial charge in [-0.05, 0) is 160 Å². The fourth-order valence-corrected chi connectivity index (χ4v) is 13.3. The van der Waals surface area contributed by atoms with E-state index in [0.29, 0.717) is 0 Å². The zero-order chi connectivity index (χ0) is 47.8. The summed E-state index contributed by atoms with van der Waals surface area (Å²) in [7, 11) is 0. The average Bonchev–Trinajstić information content (AvgIpc) is 4.07. The summed E-state index contributed by atoms with van der Waals surface area (Å²) in [6, 6.07) is 100. The molecule has 0 amide bonds. The third kappa shape index (κ3) is 5.58. The van der Waals surface area contributed by atoms with Crippen molar-refractivity contribution >= 4 is 82.0 Å². The van der Waals surface area contributed by atoms with Crippen molar-refractivity contribution in [3.8, 4) is 39.1 Å². The van der Waals surface area contributed by atoms with Crippen LogP contribution in [0.1, 0.15) is 22.3 Å². The van der Waals surface area contributed by atoms with Crippen LogP contribution >= 0.6 is 0 Å². The molecule has 0 saturated heterocycles. The van der Waals surface area contributed by atoms with Crippen molar-refractivity contribution in [3.05, 3.63) is 289 Å². The lowest BCUT2D eigenvalue weighted by Gasteiger charge is -2.33. The van der Waals surface area contributed by atoms with E-state index in [-0.39, 0.29) is 0 Å². The highest BCUT2D eigenvalue weighted by Gasteiger charge is 2.52. The highest BCUT2D eigenvalue weighted by atomic mass is 15.1. The highest BCUT2D eigenvalue weighted by Crippen LogP contribution is 2.64. The first-order valence-corrected chi connectivity index (χ1v) is 25.4. The second-order valence-corrected chi connectivity index (χ2v) is 19.9. The van der Waals surface area contributed by atoms with Crippen LogP contribution in [0.3, 0.4) is 0 Å². The number of fused-ring (bicyclic) bond motifs is 20. The van der Waals surface area contributed by atoms with Gasteiger partial charge in [-0.2, -0.15) is 0 Å². The normalized spacial score (nSPS) is 13.0. The van der Waals surface area contributed by atoms with E-state index in [1.807, 2.05) is 0 Å². The second-order valence-electron chi connectivity index (χ2n) is 19.9. The van der Waals surface area contributed by atoms with Gasteiger partial charge >= 0.3 is 0 Å². The molecular formula is C71H44N2. The van der Waals surface area contributed by atoms with Crippen LogP contribution in [0.4, 0.5) is 17.1 Å². The van der Waals surface area contributed by atoms with Crippen LogP contribution in [0.15, 0.2) is 267 Å². The standard InChI is InChI=1S/C71H44N2/c1-2-20-48(21-3-1)73-68-33-17-13-29-59(68)63-41-47(35-39-69(63)73)60-43-62-58-28-12-16-32-66(58)71(64-30-14-10-26-56(64)57-27-11-15-31-65(57)71)67(62)44-70(60)72(49-36-34-45-18-4-5-19-46(45)40-49)50-37-38-55-53-24-7-6-22-51(53)52-23-8-9-25-54(52)61(55)42-50/h1-44H. The third-order valence-electron chi connectivity index (χ3n) is 16.3. The summed E-state index contributed by atoms with van der Waals surface area (Å²) < 4.78 is 2.41. The Hall–Kier alpha value is -9.50. The summed E-state index contributed by atoms with van der Waals surface area (Å²) in [5, 5.41) is 12.4. The Morgan fingerprint density at radius 2 is 0.781 bits per heavy atom. The summed E-state index contributed by atoms with van der Waals surface area (Å²) in [5.74, 6) is 0. The van der Waals surface area contributed by atoms with Crippen molar-refractivity contribution in [3.63, 3.8) is 0 Å². The van der Waals surface area contributed by atoms with Crippen LogP contribution in [0, 0.1) is 0 Å². The number of nitrogens with zero attached hydrogens (tertiary/aromatic N) is 2. The topological polar surface area (TPSA) is 8.17 Å². The van der Waals surface area contributed by atoms with E-state index in [2.05, 4.69) is 276 Å². The molecule has 0 N–H and O–H groups in total. The molecule has 1 aromatic heterocycles. The Labute approximate surface area is 422 Å². The van der Waals surface area contributed by atoms with E-state index in [9.17, 15) is 0 Å². The number of aromatic nitrogens is 1. The lowest BCUT2D eigenvalue weighted by atomic mass is 9.70. The number of para-hydroxylation sites is 2. The van der Waals surface area contributed by atoms with E-state index in [1.165, 1.54) is 115 Å². The van der Waals surface area contributed by atoms with Gasteiger partial charge in [0.2, 0.25) is 0 Å². The Morgan fingerprint density at radius 3 is 1.47 bits per heavy atom. The first kappa shape index (κ1) is 40.3. The maximum Gasteiger partial charge on any atom is 0.0726 e. The largest absolute Gasteiger partial charge is 0.310 e. The van der Waals surface area contributed by atoms with Crippen molar-refractivity contribution in [2.75, 3.05) is 4.90 Å². The maximum absolute atomic E-state index is 2.58. The van der Waals surface area contributed by atoms with Crippen LogP contribution in [0.25, 0.3) is 104 Å². The van der Waals surface area contributed by atoms with Gasteiger partial charge in [0.15, 0.2) is 0 Å². The van der Waals surface area contributed by atoms with E-state index in [1.54, 1.807) is 0 Å². The highest BCUT2D eigenvalue weighted by molar-refractivity contribution is 6.26. The van der Waals surface area contributed by atoms with Gasteiger partial charge in [0.05, 0.1) is 22.1 Å². The molecule has 0 aliphatic heterocycles. The monoisotopic (exact) mass is 924 g/mol. The molecular weight excluding hydrogens is 881 g/mol. The molecule has 1 spiro atoms. The van der Waals surface area contributed by atoms with Crippen molar-refractivity contribution < 1.29 is 0 Å². The minimum atomic E-state index is -0.535. The summed E-state index contributed by atoms with van der Waals surface area (Å²) in [4.78, 5) is 2.56. The predicted molar refractivity (Wildman–Crippen MR) is 307 cm³/mol. The number of hydrogen-bond acceptors (Lipinski definition) is 1. The number of rotatable bonds is 5. The molecule has 0 unspecified atom stereocenters. The SMILES string of the molecule is c1ccc(-n2c3ccccc3c3cc(-c4cc5c(cc4N(c4ccc6ccccc6c4)c4ccc6c7ccccc7c7ccccc7c6c4)C4(c6ccccc6-c6ccccc64)c4ccccc4-5)ccc32)cc1. The molecule has 0 atom stereocenters. The number of hydrogen-bond donors (Lipinski definition) is 0. The zero-order valence-electron chi connectivity index (χ0n) is 39.8. The summed E-state index contributed by atoms with van der Waals surface area (Å²) >= 11 is 0. The smallest absolute Gasteiger partial charge is 0.0726 e. The molecule has 13 aromatic carbocycles. The van der Waals surface area contributed by atoms with Gasteiger partial charge in [-0.3, -0.25) is 0 Å². The number of anilines is 3. The van der Waals surface area contributed by atoms with Crippen molar-refractivity contribution in [1.29, 1.82) is 0 Å². The summed E-state index contributed by atoms with van der Waals surface area (Å²) in [6.07, 6.45) is 0. The first-order chi connectivity index (χ1) is 36.2. The molecule has 338 valence electrons. The predicted octanol–water partition coefficient (Wildman–Crippen LogP) is 18.9. The molecule has 0 bridgehead atoms. The lowest BCUT2D eigenvalue weighted by molar-refractivity contribution is 0.794. The summed E-state index contributed by atoms with van der Waals surface area (Å²) in [5.41, 5.74) is 19.1. The fourth-order valence-electron chi connectivity index (χ4n) is 13.3. The fraction of sp³-hybridized carbons (Fsp3) is 0.0141. The molecule has 0 fully saturated rings. The minimum Gasteiger partial charge on any atom is -0.310 e. The molecule has 14 aromatic rings. The van der Waals surface area contributed by atoms with Crippen LogP contribution in [0.5, 0.6) is 0 Å². The molecule has 16 rings (SSSR count). The average molecular weight is 925 g/mol. The lowest BCUT2D eigenvalue weighted by Crippen LogP contribution is -2.26. The van der Waals surface area contributed by atoms with Gasteiger partial charge in [-0.25, -0.2) is 0 Å². The molecule has 2 aliphatic rings. The second kappa shape index (κ2) is 15.3. The molecule has 73 heavy (non-hydrogen) atoms. The zero-order valence-corrected chi connectivity index (χ0v) is 39.8. The van der Waals surface area contributed by atoms with Crippen molar-refractivity contribution in [2.24, 2.45) is 0 Å². The van der Waals surface area contributed by atoms with Gasteiger partial charge in [0, 0.05) is 33.4 Å².